The summed E-state index contributed by atoms with van der Waals surface area (Å²) in [5.41, 5.74) is 1.95. The molecule has 0 spiro atoms. The second-order valence-electron chi connectivity index (χ2n) is 7.01. The Bertz CT molecular complexity index is 841. The quantitative estimate of drug-likeness (QED) is 0.702. The largest absolute Gasteiger partial charge is 0.493 e. The van der Waals surface area contributed by atoms with E-state index in [0.29, 0.717) is 23.8 Å². The summed E-state index contributed by atoms with van der Waals surface area (Å²) in [5.74, 6) is 1.63. The number of hydrogen-bond acceptors (Lipinski definition) is 5. The fourth-order valence-corrected chi connectivity index (χ4v) is 3.60. The molecule has 0 radical (unpaired) electrons. The van der Waals surface area contributed by atoms with Crippen LogP contribution in [0.2, 0.25) is 0 Å². The summed E-state index contributed by atoms with van der Waals surface area (Å²) in [4.78, 5) is 17.2. The number of nitrogens with zero attached hydrogens (tertiary/aromatic N) is 2. The summed E-state index contributed by atoms with van der Waals surface area (Å²) < 4.78 is 16.1. The van der Waals surface area contributed by atoms with Crippen molar-refractivity contribution in [3.05, 3.63) is 59.7 Å². The summed E-state index contributed by atoms with van der Waals surface area (Å²) >= 11 is 0. The standard InChI is InChI=1S/C23H28N2O4/c1-24-12-13-25(19(16-24)18-8-6-5-7-9-18)22(26)11-10-17-14-20(27-2)23(29-4)21(15-17)28-3/h5-11,14-15,19H,12-13,16H2,1-4H3/b11-10+/t19-/m1/s1. The Balaban J connectivity index is 1.84. The van der Waals surface area contributed by atoms with Gasteiger partial charge in [-0.1, -0.05) is 30.3 Å². The number of methoxy groups -OCH3 is 3. The molecular weight excluding hydrogens is 368 g/mol. The highest BCUT2D eigenvalue weighted by molar-refractivity contribution is 5.92. The molecule has 0 saturated carbocycles. The number of hydrogen-bond donors (Lipinski definition) is 0. The molecule has 1 fully saturated rings. The molecule has 0 aliphatic carbocycles. The predicted molar refractivity (Wildman–Crippen MR) is 114 cm³/mol. The van der Waals surface area contributed by atoms with E-state index in [9.17, 15) is 4.79 Å². The lowest BCUT2D eigenvalue weighted by Crippen LogP contribution is -2.48. The lowest BCUT2D eigenvalue weighted by molar-refractivity contribution is -0.130. The molecule has 0 bridgehead atoms. The molecule has 2 aromatic rings. The van der Waals surface area contributed by atoms with Gasteiger partial charge in [-0.05, 0) is 36.4 Å². The number of piperazine rings is 1. The normalized spacial score (nSPS) is 17.4. The third kappa shape index (κ3) is 4.71. The highest BCUT2D eigenvalue weighted by atomic mass is 16.5. The van der Waals surface area contributed by atoms with Crippen molar-refractivity contribution >= 4 is 12.0 Å². The SMILES string of the molecule is COc1cc(/C=C/C(=O)N2CCN(C)C[C@@H]2c2ccccc2)cc(OC)c1OC. The minimum absolute atomic E-state index is 0.0132. The van der Waals surface area contributed by atoms with Crippen LogP contribution in [0.3, 0.4) is 0 Å². The second kappa shape index (κ2) is 9.47. The van der Waals surface area contributed by atoms with Gasteiger partial charge in [-0.2, -0.15) is 0 Å². The van der Waals surface area contributed by atoms with Crippen molar-refractivity contribution in [2.24, 2.45) is 0 Å². The van der Waals surface area contributed by atoms with E-state index >= 15 is 0 Å². The van der Waals surface area contributed by atoms with E-state index < -0.39 is 0 Å². The molecule has 154 valence electrons. The first-order valence-corrected chi connectivity index (χ1v) is 9.59. The molecule has 1 aliphatic heterocycles. The molecule has 6 heteroatoms. The molecule has 1 atom stereocenters. The van der Waals surface area contributed by atoms with Gasteiger partial charge in [0.2, 0.25) is 11.7 Å². The van der Waals surface area contributed by atoms with Crippen molar-refractivity contribution in [1.82, 2.24) is 9.80 Å². The molecule has 0 unspecified atom stereocenters. The fraction of sp³-hybridized carbons (Fsp3) is 0.348. The van der Waals surface area contributed by atoms with E-state index in [1.807, 2.05) is 35.2 Å². The Morgan fingerprint density at radius 1 is 1.00 bits per heavy atom. The van der Waals surface area contributed by atoms with Gasteiger partial charge in [0.1, 0.15) is 0 Å². The van der Waals surface area contributed by atoms with Crippen molar-refractivity contribution in [2.45, 2.75) is 6.04 Å². The fourth-order valence-electron chi connectivity index (χ4n) is 3.60. The molecule has 1 heterocycles. The summed E-state index contributed by atoms with van der Waals surface area (Å²) in [7, 11) is 6.80. The minimum Gasteiger partial charge on any atom is -0.493 e. The zero-order valence-electron chi connectivity index (χ0n) is 17.4. The van der Waals surface area contributed by atoms with Crippen LogP contribution >= 0.6 is 0 Å². The molecule has 0 aromatic heterocycles. The molecule has 2 aromatic carbocycles. The van der Waals surface area contributed by atoms with Crippen LogP contribution in [0.5, 0.6) is 17.2 Å². The van der Waals surface area contributed by atoms with Gasteiger partial charge in [0.25, 0.3) is 0 Å². The first-order chi connectivity index (χ1) is 14.1. The van der Waals surface area contributed by atoms with Crippen LogP contribution in [-0.2, 0) is 4.79 Å². The van der Waals surface area contributed by atoms with Gasteiger partial charge in [0.15, 0.2) is 11.5 Å². The number of amides is 1. The maximum absolute atomic E-state index is 13.0. The van der Waals surface area contributed by atoms with Crippen LogP contribution in [0.4, 0.5) is 0 Å². The maximum atomic E-state index is 13.0. The molecule has 1 aliphatic rings. The van der Waals surface area contributed by atoms with Crippen LogP contribution in [0, 0.1) is 0 Å². The lowest BCUT2D eigenvalue weighted by atomic mass is 10.0. The summed E-state index contributed by atoms with van der Waals surface area (Å²) in [6, 6.07) is 13.9. The lowest BCUT2D eigenvalue weighted by Gasteiger charge is -2.40. The van der Waals surface area contributed by atoms with Crippen molar-refractivity contribution in [1.29, 1.82) is 0 Å². The number of benzene rings is 2. The van der Waals surface area contributed by atoms with Crippen molar-refractivity contribution in [3.8, 4) is 17.2 Å². The van der Waals surface area contributed by atoms with Gasteiger partial charge in [0.05, 0.1) is 27.4 Å². The van der Waals surface area contributed by atoms with Crippen LogP contribution < -0.4 is 14.2 Å². The van der Waals surface area contributed by atoms with Gasteiger partial charge in [0, 0.05) is 25.7 Å². The van der Waals surface area contributed by atoms with E-state index in [1.54, 1.807) is 33.5 Å². The van der Waals surface area contributed by atoms with Gasteiger partial charge in [-0.25, -0.2) is 0 Å². The number of carbonyl (C=O) groups is 1. The molecule has 1 amide bonds. The van der Waals surface area contributed by atoms with E-state index in [-0.39, 0.29) is 11.9 Å². The number of carbonyl (C=O) groups excluding carboxylic acids is 1. The molecule has 1 saturated heterocycles. The Kier molecular flexibility index (Phi) is 6.77. The molecule has 0 N–H and O–H groups in total. The zero-order chi connectivity index (χ0) is 20.8. The topological polar surface area (TPSA) is 51.2 Å². The number of likely N-dealkylation sites (N-methyl/N-ethyl adjacent to an activating group) is 1. The van der Waals surface area contributed by atoms with E-state index in [1.165, 1.54) is 0 Å². The van der Waals surface area contributed by atoms with Crippen molar-refractivity contribution in [3.63, 3.8) is 0 Å². The Morgan fingerprint density at radius 2 is 1.66 bits per heavy atom. The van der Waals surface area contributed by atoms with Gasteiger partial charge < -0.3 is 24.0 Å². The first-order valence-electron chi connectivity index (χ1n) is 9.59. The molecule has 29 heavy (non-hydrogen) atoms. The van der Waals surface area contributed by atoms with E-state index in [0.717, 1.165) is 24.2 Å². The third-order valence-electron chi connectivity index (χ3n) is 5.16. The highest BCUT2D eigenvalue weighted by Gasteiger charge is 2.29. The zero-order valence-corrected chi connectivity index (χ0v) is 17.4. The van der Waals surface area contributed by atoms with E-state index in [4.69, 9.17) is 14.2 Å². The first kappa shape index (κ1) is 20.7. The Labute approximate surface area is 172 Å². The van der Waals surface area contributed by atoms with Crippen molar-refractivity contribution in [2.75, 3.05) is 48.0 Å². The molecule has 6 nitrogen and oxygen atoms in total. The predicted octanol–water partition coefficient (Wildman–Crippen LogP) is 3.24. The van der Waals surface area contributed by atoms with Crippen LogP contribution in [0.25, 0.3) is 6.08 Å². The molecule has 3 rings (SSSR count). The second-order valence-corrected chi connectivity index (χ2v) is 7.01. The van der Waals surface area contributed by atoms with Crippen LogP contribution in [0.1, 0.15) is 17.2 Å². The third-order valence-corrected chi connectivity index (χ3v) is 5.16. The van der Waals surface area contributed by atoms with Crippen molar-refractivity contribution < 1.29 is 19.0 Å². The van der Waals surface area contributed by atoms with Crippen LogP contribution in [0.15, 0.2) is 48.5 Å². The molecular formula is C23H28N2O4. The maximum Gasteiger partial charge on any atom is 0.247 e. The Morgan fingerprint density at radius 3 is 2.24 bits per heavy atom. The van der Waals surface area contributed by atoms with Gasteiger partial charge >= 0.3 is 0 Å². The highest BCUT2D eigenvalue weighted by Crippen LogP contribution is 2.38. The summed E-state index contributed by atoms with van der Waals surface area (Å²) in [6.45, 7) is 2.36. The summed E-state index contributed by atoms with van der Waals surface area (Å²) in [6.07, 6.45) is 3.40. The van der Waals surface area contributed by atoms with Gasteiger partial charge in [-0.3, -0.25) is 4.79 Å². The average molecular weight is 396 g/mol. The number of ether oxygens (including phenoxy) is 3. The smallest absolute Gasteiger partial charge is 0.247 e. The number of rotatable bonds is 6. The van der Waals surface area contributed by atoms with E-state index in [2.05, 4.69) is 24.1 Å². The average Bonchev–Trinajstić information content (AvgIpc) is 2.77. The Hall–Kier alpha value is -2.99. The minimum atomic E-state index is -0.0132. The monoisotopic (exact) mass is 396 g/mol. The van der Waals surface area contributed by atoms with Crippen LogP contribution in [-0.4, -0.2) is 63.7 Å². The summed E-state index contributed by atoms with van der Waals surface area (Å²) in [5, 5.41) is 0. The van der Waals surface area contributed by atoms with Gasteiger partial charge in [-0.15, -0.1) is 0 Å².